The SMILES string of the molecule is CCOc1ccc(C(N)CCC2CCCO2)cc1. The molecule has 2 atom stereocenters. The summed E-state index contributed by atoms with van der Waals surface area (Å²) in [6, 6.07) is 8.20. The van der Waals surface area contributed by atoms with E-state index in [1.165, 1.54) is 18.4 Å². The summed E-state index contributed by atoms with van der Waals surface area (Å²) in [5.74, 6) is 0.910. The minimum Gasteiger partial charge on any atom is -0.494 e. The summed E-state index contributed by atoms with van der Waals surface area (Å²) in [6.45, 7) is 3.61. The Bertz CT molecular complexity index is 344. The average Bonchev–Trinajstić information content (AvgIpc) is 2.90. The van der Waals surface area contributed by atoms with Gasteiger partial charge in [0.25, 0.3) is 0 Å². The van der Waals surface area contributed by atoms with Gasteiger partial charge in [0.15, 0.2) is 0 Å². The van der Waals surface area contributed by atoms with Gasteiger partial charge in [-0.15, -0.1) is 0 Å². The van der Waals surface area contributed by atoms with Crippen molar-refractivity contribution in [3.05, 3.63) is 29.8 Å². The molecular formula is C15H23NO2. The molecule has 1 heterocycles. The second kappa shape index (κ2) is 6.76. The van der Waals surface area contributed by atoms with Crippen molar-refractivity contribution < 1.29 is 9.47 Å². The third kappa shape index (κ3) is 3.72. The van der Waals surface area contributed by atoms with Crippen molar-refractivity contribution in [3.8, 4) is 5.75 Å². The Morgan fingerprint density at radius 3 is 2.78 bits per heavy atom. The zero-order valence-corrected chi connectivity index (χ0v) is 11.1. The van der Waals surface area contributed by atoms with Crippen LogP contribution in [0.2, 0.25) is 0 Å². The highest BCUT2D eigenvalue weighted by Crippen LogP contribution is 2.23. The van der Waals surface area contributed by atoms with Crippen LogP contribution in [-0.2, 0) is 4.74 Å². The van der Waals surface area contributed by atoms with E-state index < -0.39 is 0 Å². The van der Waals surface area contributed by atoms with Crippen LogP contribution in [0.4, 0.5) is 0 Å². The molecule has 0 aliphatic carbocycles. The molecule has 1 aromatic rings. The molecule has 2 unspecified atom stereocenters. The van der Waals surface area contributed by atoms with Crippen molar-refractivity contribution in [2.75, 3.05) is 13.2 Å². The number of benzene rings is 1. The smallest absolute Gasteiger partial charge is 0.119 e. The predicted octanol–water partition coefficient (Wildman–Crippen LogP) is 3.04. The molecule has 0 spiro atoms. The first kappa shape index (κ1) is 13.4. The Morgan fingerprint density at radius 2 is 2.17 bits per heavy atom. The fourth-order valence-electron chi connectivity index (χ4n) is 2.38. The largest absolute Gasteiger partial charge is 0.494 e. The minimum absolute atomic E-state index is 0.102. The van der Waals surface area contributed by atoms with Gasteiger partial charge in [-0.2, -0.15) is 0 Å². The summed E-state index contributed by atoms with van der Waals surface area (Å²) in [4.78, 5) is 0. The number of ether oxygens (including phenoxy) is 2. The summed E-state index contributed by atoms with van der Waals surface area (Å²) in [6.07, 6.45) is 4.87. The van der Waals surface area contributed by atoms with Gasteiger partial charge in [0, 0.05) is 12.6 Å². The molecule has 0 amide bonds. The summed E-state index contributed by atoms with van der Waals surface area (Å²) >= 11 is 0. The number of nitrogens with two attached hydrogens (primary N) is 1. The van der Waals surface area contributed by atoms with Crippen LogP contribution in [0.15, 0.2) is 24.3 Å². The van der Waals surface area contributed by atoms with Crippen LogP contribution in [0, 0.1) is 0 Å². The van der Waals surface area contributed by atoms with Crippen molar-refractivity contribution in [1.29, 1.82) is 0 Å². The molecule has 3 nitrogen and oxygen atoms in total. The average molecular weight is 249 g/mol. The van der Waals surface area contributed by atoms with Crippen LogP contribution in [0.5, 0.6) is 5.75 Å². The minimum atomic E-state index is 0.102. The maximum Gasteiger partial charge on any atom is 0.119 e. The lowest BCUT2D eigenvalue weighted by molar-refractivity contribution is 0.101. The van der Waals surface area contributed by atoms with E-state index in [4.69, 9.17) is 15.2 Å². The quantitative estimate of drug-likeness (QED) is 0.842. The Kier molecular flexibility index (Phi) is 5.02. The van der Waals surface area contributed by atoms with Crippen molar-refractivity contribution in [1.82, 2.24) is 0 Å². The zero-order chi connectivity index (χ0) is 12.8. The molecular weight excluding hydrogens is 226 g/mol. The van der Waals surface area contributed by atoms with Crippen LogP contribution < -0.4 is 10.5 Å². The first-order valence-corrected chi connectivity index (χ1v) is 6.89. The fraction of sp³-hybridized carbons (Fsp3) is 0.600. The maximum atomic E-state index is 6.20. The van der Waals surface area contributed by atoms with Gasteiger partial charge in [-0.25, -0.2) is 0 Å². The van der Waals surface area contributed by atoms with Crippen molar-refractivity contribution in [3.63, 3.8) is 0 Å². The molecule has 1 fully saturated rings. The number of hydrogen-bond donors (Lipinski definition) is 1. The molecule has 0 saturated carbocycles. The van der Waals surface area contributed by atoms with Gasteiger partial charge in [-0.05, 0) is 50.3 Å². The van der Waals surface area contributed by atoms with Gasteiger partial charge in [-0.1, -0.05) is 12.1 Å². The molecule has 0 aromatic heterocycles. The Labute approximate surface area is 109 Å². The van der Waals surface area contributed by atoms with Gasteiger partial charge in [0.1, 0.15) is 5.75 Å². The first-order chi connectivity index (χ1) is 8.79. The van der Waals surface area contributed by atoms with Gasteiger partial charge in [0.05, 0.1) is 12.7 Å². The van der Waals surface area contributed by atoms with E-state index in [1.807, 2.05) is 19.1 Å². The molecule has 2 N–H and O–H groups in total. The Hall–Kier alpha value is -1.06. The Morgan fingerprint density at radius 1 is 1.39 bits per heavy atom. The topological polar surface area (TPSA) is 44.5 Å². The highest BCUT2D eigenvalue weighted by Gasteiger charge is 2.17. The maximum absolute atomic E-state index is 6.20. The van der Waals surface area contributed by atoms with E-state index in [-0.39, 0.29) is 6.04 Å². The fourth-order valence-corrected chi connectivity index (χ4v) is 2.38. The van der Waals surface area contributed by atoms with Gasteiger partial charge >= 0.3 is 0 Å². The third-order valence-corrected chi connectivity index (χ3v) is 3.44. The second-order valence-corrected chi connectivity index (χ2v) is 4.82. The van der Waals surface area contributed by atoms with Crippen LogP contribution >= 0.6 is 0 Å². The highest BCUT2D eigenvalue weighted by molar-refractivity contribution is 5.29. The van der Waals surface area contributed by atoms with Crippen LogP contribution in [0.1, 0.15) is 44.2 Å². The lowest BCUT2D eigenvalue weighted by Crippen LogP contribution is -2.14. The molecule has 1 aliphatic rings. The van der Waals surface area contributed by atoms with Crippen molar-refractivity contribution in [2.45, 2.75) is 44.8 Å². The Balaban J connectivity index is 1.81. The molecule has 0 bridgehead atoms. The van der Waals surface area contributed by atoms with Gasteiger partial charge in [0.2, 0.25) is 0 Å². The van der Waals surface area contributed by atoms with Gasteiger partial charge < -0.3 is 15.2 Å². The molecule has 3 heteroatoms. The van der Waals surface area contributed by atoms with Crippen LogP contribution in [0.25, 0.3) is 0 Å². The molecule has 100 valence electrons. The van der Waals surface area contributed by atoms with Crippen LogP contribution in [0.3, 0.4) is 0 Å². The standard InChI is InChI=1S/C15H23NO2/c1-2-17-14-7-5-12(6-8-14)15(16)10-9-13-4-3-11-18-13/h5-8,13,15H,2-4,9-11,16H2,1H3. The zero-order valence-electron chi connectivity index (χ0n) is 11.1. The molecule has 0 radical (unpaired) electrons. The monoisotopic (exact) mass is 249 g/mol. The van der Waals surface area contributed by atoms with E-state index in [2.05, 4.69) is 12.1 Å². The van der Waals surface area contributed by atoms with E-state index in [0.717, 1.165) is 25.2 Å². The number of rotatable bonds is 6. The van der Waals surface area contributed by atoms with Crippen LogP contribution in [-0.4, -0.2) is 19.3 Å². The van der Waals surface area contributed by atoms with E-state index in [1.54, 1.807) is 0 Å². The van der Waals surface area contributed by atoms with E-state index >= 15 is 0 Å². The second-order valence-electron chi connectivity index (χ2n) is 4.82. The molecule has 18 heavy (non-hydrogen) atoms. The molecule has 1 aliphatic heterocycles. The van der Waals surface area contributed by atoms with Gasteiger partial charge in [-0.3, -0.25) is 0 Å². The number of hydrogen-bond acceptors (Lipinski definition) is 3. The predicted molar refractivity (Wildman–Crippen MR) is 72.7 cm³/mol. The molecule has 1 saturated heterocycles. The lowest BCUT2D eigenvalue weighted by atomic mass is 10.00. The summed E-state index contributed by atoms with van der Waals surface area (Å²) in [5, 5.41) is 0. The van der Waals surface area contributed by atoms with Crippen molar-refractivity contribution >= 4 is 0 Å². The van der Waals surface area contributed by atoms with E-state index in [0.29, 0.717) is 12.7 Å². The highest BCUT2D eigenvalue weighted by atomic mass is 16.5. The van der Waals surface area contributed by atoms with E-state index in [9.17, 15) is 0 Å². The summed E-state index contributed by atoms with van der Waals surface area (Å²) in [5.41, 5.74) is 7.38. The molecule has 2 rings (SSSR count). The third-order valence-electron chi connectivity index (χ3n) is 3.44. The first-order valence-electron chi connectivity index (χ1n) is 6.89. The molecule has 1 aromatic carbocycles. The summed E-state index contributed by atoms with van der Waals surface area (Å²) < 4.78 is 11.0. The summed E-state index contributed by atoms with van der Waals surface area (Å²) in [7, 11) is 0. The van der Waals surface area contributed by atoms with Crippen molar-refractivity contribution in [2.24, 2.45) is 5.73 Å². The normalized spacial score (nSPS) is 20.9. The lowest BCUT2D eigenvalue weighted by Gasteiger charge is -2.15.